The van der Waals surface area contributed by atoms with Crippen LogP contribution in [0.5, 0.6) is 5.75 Å². The van der Waals surface area contributed by atoms with E-state index < -0.39 is 0 Å². The third kappa shape index (κ3) is 7.83. The summed E-state index contributed by atoms with van der Waals surface area (Å²) < 4.78 is 6.07. The minimum absolute atomic E-state index is 0.591. The van der Waals surface area contributed by atoms with Crippen molar-refractivity contribution in [2.24, 2.45) is 17.8 Å². The SMILES string of the molecule is CCCCCCCCC1CCC(c2ccc(OCC3C=CC(C)CC3)cc2)CC1. The second-order valence-corrected chi connectivity index (χ2v) is 9.85. The number of allylic oxidation sites excluding steroid dienone is 1. The Morgan fingerprint density at radius 1 is 0.793 bits per heavy atom. The summed E-state index contributed by atoms with van der Waals surface area (Å²) in [7, 11) is 0. The molecule has 0 saturated heterocycles. The molecule has 1 fully saturated rings. The summed E-state index contributed by atoms with van der Waals surface area (Å²) in [5.41, 5.74) is 1.53. The van der Waals surface area contributed by atoms with Crippen molar-refractivity contribution in [1.29, 1.82) is 0 Å². The Bertz CT molecular complexity index is 579. The largest absolute Gasteiger partial charge is 0.493 e. The van der Waals surface area contributed by atoms with Gasteiger partial charge in [0.15, 0.2) is 0 Å². The Kier molecular flexibility index (Phi) is 9.64. The Labute approximate surface area is 180 Å². The molecule has 1 heteroatoms. The molecule has 2 unspecified atom stereocenters. The maximum absolute atomic E-state index is 6.07. The number of benzene rings is 1. The van der Waals surface area contributed by atoms with Gasteiger partial charge in [-0.1, -0.05) is 83.1 Å². The van der Waals surface area contributed by atoms with Gasteiger partial charge in [-0.05, 0) is 74.0 Å². The molecular weight excluding hydrogens is 352 g/mol. The molecule has 0 heterocycles. The summed E-state index contributed by atoms with van der Waals surface area (Å²) in [5, 5.41) is 0. The van der Waals surface area contributed by atoms with E-state index in [9.17, 15) is 0 Å². The van der Waals surface area contributed by atoms with Gasteiger partial charge in [-0.2, -0.15) is 0 Å². The van der Waals surface area contributed by atoms with E-state index in [0.717, 1.165) is 30.1 Å². The molecule has 0 N–H and O–H groups in total. The molecule has 0 aliphatic heterocycles. The zero-order valence-electron chi connectivity index (χ0n) is 19.1. The number of rotatable bonds is 11. The normalized spacial score (nSPS) is 27.1. The van der Waals surface area contributed by atoms with Crippen LogP contribution in [-0.2, 0) is 0 Å². The molecule has 0 radical (unpaired) electrons. The Hall–Kier alpha value is -1.24. The van der Waals surface area contributed by atoms with Crippen molar-refractivity contribution in [2.45, 2.75) is 103 Å². The second kappa shape index (κ2) is 12.5. The lowest BCUT2D eigenvalue weighted by molar-refractivity contribution is 0.257. The maximum atomic E-state index is 6.07. The summed E-state index contributed by atoms with van der Waals surface area (Å²) in [6, 6.07) is 9.06. The van der Waals surface area contributed by atoms with Gasteiger partial charge in [-0.3, -0.25) is 0 Å². The first kappa shape index (κ1) is 22.4. The van der Waals surface area contributed by atoms with Crippen molar-refractivity contribution >= 4 is 0 Å². The highest BCUT2D eigenvalue weighted by Gasteiger charge is 2.22. The molecule has 0 aromatic heterocycles. The van der Waals surface area contributed by atoms with Gasteiger partial charge in [-0.15, -0.1) is 0 Å². The fourth-order valence-corrected chi connectivity index (χ4v) is 5.19. The van der Waals surface area contributed by atoms with Gasteiger partial charge in [0, 0.05) is 5.92 Å². The quantitative estimate of drug-likeness (QED) is 0.268. The van der Waals surface area contributed by atoms with E-state index in [1.807, 2.05) is 0 Å². The summed E-state index contributed by atoms with van der Waals surface area (Å²) in [4.78, 5) is 0. The second-order valence-electron chi connectivity index (χ2n) is 9.85. The summed E-state index contributed by atoms with van der Waals surface area (Å²) in [6.45, 7) is 5.43. The molecule has 1 aromatic carbocycles. The van der Waals surface area contributed by atoms with E-state index in [1.165, 1.54) is 89.0 Å². The molecule has 1 saturated carbocycles. The molecule has 2 aliphatic rings. The van der Waals surface area contributed by atoms with E-state index in [2.05, 4.69) is 50.3 Å². The van der Waals surface area contributed by atoms with Crippen molar-refractivity contribution in [3.8, 4) is 5.75 Å². The minimum atomic E-state index is 0.591. The van der Waals surface area contributed by atoms with E-state index >= 15 is 0 Å². The Balaban J connectivity index is 1.33. The predicted octanol–water partition coefficient (Wildman–Crippen LogP) is 8.69. The van der Waals surface area contributed by atoms with Crippen LogP contribution in [0, 0.1) is 17.8 Å². The van der Waals surface area contributed by atoms with Crippen LogP contribution < -0.4 is 4.74 Å². The van der Waals surface area contributed by atoms with Gasteiger partial charge in [0.1, 0.15) is 5.75 Å². The lowest BCUT2D eigenvalue weighted by atomic mass is 9.77. The van der Waals surface area contributed by atoms with Crippen LogP contribution in [0.25, 0.3) is 0 Å². The monoisotopic (exact) mass is 396 g/mol. The van der Waals surface area contributed by atoms with Gasteiger partial charge in [0.05, 0.1) is 6.61 Å². The molecule has 162 valence electrons. The average Bonchev–Trinajstić information content (AvgIpc) is 2.77. The molecule has 29 heavy (non-hydrogen) atoms. The number of ether oxygens (including phenoxy) is 1. The van der Waals surface area contributed by atoms with E-state index in [0.29, 0.717) is 5.92 Å². The first-order valence-corrected chi connectivity index (χ1v) is 12.7. The van der Waals surface area contributed by atoms with E-state index in [-0.39, 0.29) is 0 Å². The molecule has 3 rings (SSSR count). The molecular formula is C28H44O. The highest BCUT2D eigenvalue weighted by molar-refractivity contribution is 5.29. The zero-order valence-corrected chi connectivity index (χ0v) is 19.1. The van der Waals surface area contributed by atoms with Gasteiger partial charge in [0.25, 0.3) is 0 Å². The summed E-state index contributed by atoms with van der Waals surface area (Å²) in [6.07, 6.45) is 23.0. The first-order valence-electron chi connectivity index (χ1n) is 12.7. The van der Waals surface area contributed by atoms with Crippen LogP contribution in [0.15, 0.2) is 36.4 Å². The fraction of sp³-hybridized carbons (Fsp3) is 0.714. The molecule has 2 aliphatic carbocycles. The lowest BCUT2D eigenvalue weighted by Gasteiger charge is -2.29. The predicted molar refractivity (Wildman–Crippen MR) is 126 cm³/mol. The molecule has 1 nitrogen and oxygen atoms in total. The lowest BCUT2D eigenvalue weighted by Crippen LogP contribution is -2.15. The molecule has 0 bridgehead atoms. The minimum Gasteiger partial charge on any atom is -0.493 e. The van der Waals surface area contributed by atoms with Crippen molar-refractivity contribution in [2.75, 3.05) is 6.61 Å². The van der Waals surface area contributed by atoms with Crippen LogP contribution in [-0.4, -0.2) is 6.61 Å². The van der Waals surface area contributed by atoms with Crippen LogP contribution in [0.1, 0.15) is 109 Å². The zero-order chi connectivity index (χ0) is 20.3. The van der Waals surface area contributed by atoms with Crippen LogP contribution in [0.4, 0.5) is 0 Å². The number of hydrogen-bond acceptors (Lipinski definition) is 1. The van der Waals surface area contributed by atoms with E-state index in [1.54, 1.807) is 0 Å². The fourth-order valence-electron chi connectivity index (χ4n) is 5.19. The topological polar surface area (TPSA) is 9.23 Å². The van der Waals surface area contributed by atoms with Crippen molar-refractivity contribution in [3.05, 3.63) is 42.0 Å². The third-order valence-electron chi connectivity index (χ3n) is 7.33. The van der Waals surface area contributed by atoms with E-state index in [4.69, 9.17) is 4.74 Å². The van der Waals surface area contributed by atoms with Crippen LogP contribution in [0.3, 0.4) is 0 Å². The Morgan fingerprint density at radius 2 is 1.52 bits per heavy atom. The van der Waals surface area contributed by atoms with Gasteiger partial charge < -0.3 is 4.74 Å². The van der Waals surface area contributed by atoms with Gasteiger partial charge >= 0.3 is 0 Å². The highest BCUT2D eigenvalue weighted by atomic mass is 16.5. The number of unbranched alkanes of at least 4 members (excludes halogenated alkanes) is 5. The first-order chi connectivity index (χ1) is 14.2. The van der Waals surface area contributed by atoms with Gasteiger partial charge in [0.2, 0.25) is 0 Å². The summed E-state index contributed by atoms with van der Waals surface area (Å²) in [5.74, 6) is 4.13. The molecule has 1 aromatic rings. The van der Waals surface area contributed by atoms with Crippen molar-refractivity contribution in [3.63, 3.8) is 0 Å². The van der Waals surface area contributed by atoms with Crippen molar-refractivity contribution < 1.29 is 4.74 Å². The van der Waals surface area contributed by atoms with Crippen LogP contribution >= 0.6 is 0 Å². The standard InChI is InChI=1S/C28H44O/c1-3-4-5-6-7-8-9-24-14-16-26(17-15-24)27-18-20-28(21-19-27)29-22-25-12-10-23(2)11-13-25/h10,12,18-21,23-26H,3-9,11,13-17,22H2,1-2H3. The maximum Gasteiger partial charge on any atom is 0.119 e. The smallest absolute Gasteiger partial charge is 0.119 e. The molecule has 2 atom stereocenters. The van der Waals surface area contributed by atoms with Crippen molar-refractivity contribution in [1.82, 2.24) is 0 Å². The summed E-state index contributed by atoms with van der Waals surface area (Å²) >= 11 is 0. The Morgan fingerprint density at radius 3 is 2.21 bits per heavy atom. The average molecular weight is 397 g/mol. The number of hydrogen-bond donors (Lipinski definition) is 0. The highest BCUT2D eigenvalue weighted by Crippen LogP contribution is 2.38. The molecule has 0 amide bonds. The molecule has 0 spiro atoms. The van der Waals surface area contributed by atoms with Crippen LogP contribution in [0.2, 0.25) is 0 Å². The van der Waals surface area contributed by atoms with Gasteiger partial charge in [-0.25, -0.2) is 0 Å². The third-order valence-corrected chi connectivity index (χ3v) is 7.33.